The number of benzene rings is 1. The minimum Gasteiger partial charge on any atom is -0.494 e. The van der Waals surface area contributed by atoms with Crippen LogP contribution in [-0.2, 0) is 15.0 Å². The summed E-state index contributed by atoms with van der Waals surface area (Å²) >= 11 is 0. The summed E-state index contributed by atoms with van der Waals surface area (Å²) in [6.07, 6.45) is 0.0739. The number of hydrogen-bond acceptors (Lipinski definition) is 4. The van der Waals surface area contributed by atoms with Crippen molar-refractivity contribution in [2.24, 2.45) is 5.92 Å². The van der Waals surface area contributed by atoms with Gasteiger partial charge in [0.1, 0.15) is 5.75 Å². The van der Waals surface area contributed by atoms with Crippen LogP contribution in [0.15, 0.2) is 24.3 Å². The normalized spacial score (nSPS) is 20.2. The number of carbonyl (C=O) groups is 1. The Bertz CT molecular complexity index is 629. The van der Waals surface area contributed by atoms with Gasteiger partial charge in [-0.15, -0.1) is 3.89 Å². The lowest BCUT2D eigenvalue weighted by Crippen LogP contribution is -2.29. The predicted octanol–water partition coefficient (Wildman–Crippen LogP) is 2.29. The van der Waals surface area contributed by atoms with Gasteiger partial charge >= 0.3 is 10.2 Å². The highest BCUT2D eigenvalue weighted by molar-refractivity contribution is 7.86. The van der Waals surface area contributed by atoms with Gasteiger partial charge in [-0.25, -0.2) is 0 Å². The second-order valence-electron chi connectivity index (χ2n) is 5.50. The minimum absolute atomic E-state index is 0.0739. The highest BCUT2D eigenvalue weighted by atomic mass is 32.3. The first-order chi connectivity index (χ1) is 10.3. The number of hydrogen-bond donors (Lipinski definition) is 0. The van der Waals surface area contributed by atoms with Crippen LogP contribution in [0, 0.1) is 5.92 Å². The summed E-state index contributed by atoms with van der Waals surface area (Å²) in [5.74, 6) is -0.458. The van der Waals surface area contributed by atoms with E-state index in [2.05, 4.69) is 0 Å². The smallest absolute Gasteiger partial charge is 0.302 e. The number of halogens is 1. The fourth-order valence-corrected chi connectivity index (χ4v) is 3.55. The Morgan fingerprint density at radius 3 is 2.55 bits per heavy atom. The number of amides is 1. The van der Waals surface area contributed by atoms with Crippen molar-refractivity contribution in [2.45, 2.75) is 26.3 Å². The van der Waals surface area contributed by atoms with Gasteiger partial charge in [0.15, 0.2) is 0 Å². The van der Waals surface area contributed by atoms with Crippen LogP contribution in [0.1, 0.15) is 31.9 Å². The summed E-state index contributed by atoms with van der Waals surface area (Å²) < 4.78 is 39.6. The standard InChI is InChI=1S/C15H20FNO4S/c1-3-21-14-6-4-13(5-7-14)11(2)17-9-12(8-15(17)18)10-22(16,19)20/h4-7,11-12H,3,8-10H2,1-2H3. The van der Waals surface area contributed by atoms with Gasteiger partial charge in [0.25, 0.3) is 0 Å². The van der Waals surface area contributed by atoms with E-state index in [4.69, 9.17) is 4.74 Å². The van der Waals surface area contributed by atoms with Crippen LogP contribution in [0.4, 0.5) is 3.89 Å². The number of carbonyl (C=O) groups excluding carboxylic acids is 1. The van der Waals surface area contributed by atoms with Crippen LogP contribution in [0.25, 0.3) is 0 Å². The molecule has 2 atom stereocenters. The molecular formula is C15H20FNO4S. The van der Waals surface area contributed by atoms with Crippen molar-refractivity contribution in [3.63, 3.8) is 0 Å². The Kier molecular flexibility index (Phi) is 5.05. The molecule has 0 saturated carbocycles. The van der Waals surface area contributed by atoms with E-state index in [1.54, 1.807) is 4.90 Å². The molecule has 5 nitrogen and oxygen atoms in total. The first-order valence-electron chi connectivity index (χ1n) is 7.24. The Labute approximate surface area is 130 Å². The zero-order valence-electron chi connectivity index (χ0n) is 12.7. The van der Waals surface area contributed by atoms with Gasteiger partial charge in [0.2, 0.25) is 5.91 Å². The van der Waals surface area contributed by atoms with E-state index in [-0.39, 0.29) is 24.9 Å². The summed E-state index contributed by atoms with van der Waals surface area (Å²) in [7, 11) is -4.55. The molecule has 0 N–H and O–H groups in total. The quantitative estimate of drug-likeness (QED) is 0.751. The number of rotatable bonds is 6. The van der Waals surface area contributed by atoms with Crippen molar-refractivity contribution in [3.05, 3.63) is 29.8 Å². The average Bonchev–Trinajstić information content (AvgIpc) is 2.77. The van der Waals surface area contributed by atoms with Gasteiger partial charge in [0, 0.05) is 18.9 Å². The second kappa shape index (κ2) is 6.64. The zero-order valence-corrected chi connectivity index (χ0v) is 13.5. The maximum absolute atomic E-state index is 12.8. The third-order valence-electron chi connectivity index (χ3n) is 3.81. The van der Waals surface area contributed by atoms with Crippen molar-refractivity contribution in [2.75, 3.05) is 18.9 Å². The Balaban J connectivity index is 2.05. The molecule has 0 bridgehead atoms. The van der Waals surface area contributed by atoms with Gasteiger partial charge in [-0.05, 0) is 31.5 Å². The molecule has 22 heavy (non-hydrogen) atoms. The molecular weight excluding hydrogens is 309 g/mol. The summed E-state index contributed by atoms with van der Waals surface area (Å²) in [5.41, 5.74) is 0.931. The third-order valence-corrected chi connectivity index (χ3v) is 4.68. The highest BCUT2D eigenvalue weighted by Gasteiger charge is 2.35. The molecule has 1 aromatic rings. The maximum atomic E-state index is 12.8. The van der Waals surface area contributed by atoms with Crippen molar-refractivity contribution in [3.8, 4) is 5.75 Å². The van der Waals surface area contributed by atoms with Crippen LogP contribution in [0.5, 0.6) is 5.75 Å². The Morgan fingerprint density at radius 2 is 2.00 bits per heavy atom. The lowest BCUT2D eigenvalue weighted by molar-refractivity contribution is -0.129. The van der Waals surface area contributed by atoms with E-state index in [0.717, 1.165) is 11.3 Å². The van der Waals surface area contributed by atoms with Gasteiger partial charge in [-0.3, -0.25) is 4.79 Å². The molecule has 1 amide bonds. The largest absolute Gasteiger partial charge is 0.494 e. The predicted molar refractivity (Wildman–Crippen MR) is 80.7 cm³/mol. The van der Waals surface area contributed by atoms with E-state index in [9.17, 15) is 17.1 Å². The lowest BCUT2D eigenvalue weighted by Gasteiger charge is -2.25. The van der Waals surface area contributed by atoms with Crippen LogP contribution < -0.4 is 4.74 Å². The van der Waals surface area contributed by atoms with Crippen molar-refractivity contribution < 1.29 is 21.8 Å². The Hall–Kier alpha value is -1.63. The fraction of sp³-hybridized carbons (Fsp3) is 0.533. The molecule has 7 heteroatoms. The SMILES string of the molecule is CCOc1ccc(C(C)N2CC(CS(=O)(=O)F)CC2=O)cc1. The first kappa shape index (κ1) is 16.7. The van der Waals surface area contributed by atoms with E-state index in [1.807, 2.05) is 38.1 Å². The highest BCUT2D eigenvalue weighted by Crippen LogP contribution is 2.30. The molecule has 1 fully saturated rings. The molecule has 2 rings (SSSR count). The molecule has 0 spiro atoms. The topological polar surface area (TPSA) is 63.7 Å². The van der Waals surface area contributed by atoms with E-state index >= 15 is 0 Å². The summed E-state index contributed by atoms with van der Waals surface area (Å²) in [6.45, 7) is 4.62. The molecule has 1 aliphatic heterocycles. The number of likely N-dealkylation sites (tertiary alicyclic amines) is 1. The van der Waals surface area contributed by atoms with E-state index < -0.39 is 21.9 Å². The van der Waals surface area contributed by atoms with E-state index in [1.165, 1.54) is 0 Å². The average molecular weight is 329 g/mol. The van der Waals surface area contributed by atoms with Crippen LogP contribution in [0.3, 0.4) is 0 Å². The molecule has 1 saturated heterocycles. The third kappa shape index (κ3) is 4.19. The van der Waals surface area contributed by atoms with Crippen LogP contribution in [0.2, 0.25) is 0 Å². The molecule has 0 aromatic heterocycles. The Morgan fingerprint density at radius 1 is 1.36 bits per heavy atom. The van der Waals surface area contributed by atoms with Crippen molar-refractivity contribution >= 4 is 16.1 Å². The summed E-state index contributed by atoms with van der Waals surface area (Å²) in [6, 6.07) is 7.24. The molecule has 1 aromatic carbocycles. The van der Waals surface area contributed by atoms with E-state index in [0.29, 0.717) is 6.61 Å². The second-order valence-corrected chi connectivity index (χ2v) is 6.91. The monoisotopic (exact) mass is 329 g/mol. The molecule has 0 radical (unpaired) electrons. The van der Waals surface area contributed by atoms with Crippen LogP contribution in [-0.4, -0.2) is 38.1 Å². The van der Waals surface area contributed by atoms with Gasteiger partial charge in [0.05, 0.1) is 18.4 Å². The van der Waals surface area contributed by atoms with Gasteiger partial charge < -0.3 is 9.64 Å². The van der Waals surface area contributed by atoms with Gasteiger partial charge in [-0.2, -0.15) is 8.42 Å². The lowest BCUT2D eigenvalue weighted by atomic mass is 10.1. The van der Waals surface area contributed by atoms with Gasteiger partial charge in [-0.1, -0.05) is 12.1 Å². The number of nitrogens with zero attached hydrogens (tertiary/aromatic N) is 1. The zero-order chi connectivity index (χ0) is 16.3. The molecule has 1 aliphatic rings. The summed E-state index contributed by atoms with van der Waals surface area (Å²) in [4.78, 5) is 13.6. The number of ether oxygens (including phenoxy) is 1. The molecule has 122 valence electrons. The van der Waals surface area contributed by atoms with Crippen LogP contribution >= 0.6 is 0 Å². The minimum atomic E-state index is -4.55. The molecule has 1 heterocycles. The van der Waals surface area contributed by atoms with Crippen molar-refractivity contribution in [1.82, 2.24) is 4.90 Å². The maximum Gasteiger partial charge on any atom is 0.302 e. The summed E-state index contributed by atoms with van der Waals surface area (Å²) in [5, 5.41) is 0. The first-order valence-corrected chi connectivity index (χ1v) is 8.80. The molecule has 0 aliphatic carbocycles. The van der Waals surface area contributed by atoms with Crippen molar-refractivity contribution in [1.29, 1.82) is 0 Å². The fourth-order valence-electron chi connectivity index (χ4n) is 2.77. The molecule has 2 unspecified atom stereocenters.